The predicted octanol–water partition coefficient (Wildman–Crippen LogP) is 20.9. The third-order valence-electron chi connectivity index (χ3n) is 18.6. The lowest BCUT2D eigenvalue weighted by Crippen LogP contribution is -2.71. The van der Waals surface area contributed by atoms with Crippen molar-refractivity contribution < 1.29 is 0 Å². The Morgan fingerprint density at radius 2 is 0.435 bits per heavy atom. The molecule has 0 aromatic heterocycles. The van der Waals surface area contributed by atoms with E-state index in [1.165, 1.54) is 154 Å². The number of hydrogen-bond donors (Lipinski definition) is 0. The van der Waals surface area contributed by atoms with Gasteiger partial charge >= 0.3 is 0 Å². The van der Waals surface area contributed by atoms with E-state index in [0.717, 1.165) is 0 Å². The maximum absolute atomic E-state index is 4.00. The highest BCUT2D eigenvalue weighted by Gasteiger charge is 2.53. The van der Waals surface area contributed by atoms with Crippen molar-refractivity contribution >= 4 is 23.6 Å². The zero-order valence-corrected chi connectivity index (χ0v) is 50.8. The maximum atomic E-state index is 2.73. The number of benzene rings is 12. The third kappa shape index (κ3) is 9.50. The Morgan fingerprint density at radius 3 is 0.635 bits per heavy atom. The molecule has 1 heteroatoms. The van der Waals surface area contributed by atoms with Gasteiger partial charge in [-0.2, -0.15) is 0 Å². The van der Waals surface area contributed by atoms with E-state index in [-0.39, 0.29) is 5.92 Å². The lowest BCUT2D eigenvalue weighted by atomic mass is 9.86. The molecule has 13 rings (SSSR count). The summed E-state index contributed by atoms with van der Waals surface area (Å²) in [5.74, 6) is 0.0698. The Balaban J connectivity index is 1.40. The van der Waals surface area contributed by atoms with Gasteiger partial charge in [0.15, 0.2) is 8.07 Å². The molecular weight excluding hydrogens is 1040 g/mol. The van der Waals surface area contributed by atoms with Crippen LogP contribution in [0.5, 0.6) is 0 Å². The van der Waals surface area contributed by atoms with Crippen LogP contribution in [0.1, 0.15) is 44.4 Å². The second kappa shape index (κ2) is 23.2. The number of hydrogen-bond acceptors (Lipinski definition) is 0. The van der Waals surface area contributed by atoms with Crippen molar-refractivity contribution in [2.24, 2.45) is 5.92 Å². The molecular formula is C84H70Si. The van der Waals surface area contributed by atoms with Crippen LogP contribution in [0.2, 0.25) is 0 Å². The standard InChI is InChI=1S/C84H70Si/c1-56-57(2)59(4)84(58(56)3)85(75-53-72(63-35-17-8-18-36-63)78(66-41-23-11-24-42-66)60(5)81(75)69-47-29-14-30-48-69,76-54-73(64-37-19-9-20-38-64)79(67-43-25-12-26-44-67)61(6)82(76)70-49-31-15-32-50-70)77-55-74(65-39-21-10-22-40-65)80(68-45-27-13-28-46-68)62(7)83(77)71-51-33-16-34-52-71/h8-55,58H,1-7H3. The molecule has 410 valence electrons. The molecule has 0 radical (unpaired) electrons. The highest BCUT2D eigenvalue weighted by atomic mass is 28.3. The van der Waals surface area contributed by atoms with Gasteiger partial charge in [0.1, 0.15) is 0 Å². The first-order chi connectivity index (χ1) is 41.7. The van der Waals surface area contributed by atoms with E-state index in [9.17, 15) is 0 Å². The van der Waals surface area contributed by atoms with E-state index < -0.39 is 8.07 Å². The fourth-order valence-corrected chi connectivity index (χ4v) is 21.1. The Kier molecular flexibility index (Phi) is 14.9. The summed E-state index contributed by atoms with van der Waals surface area (Å²) in [5.41, 5.74) is 30.1. The molecule has 0 amide bonds. The smallest absolute Gasteiger partial charge is 0.0636 e. The molecule has 0 aliphatic heterocycles. The van der Waals surface area contributed by atoms with Crippen molar-refractivity contribution in [3.63, 3.8) is 0 Å². The summed E-state index contributed by atoms with van der Waals surface area (Å²) in [5, 5.41) is 5.66. The molecule has 0 fully saturated rings. The summed E-state index contributed by atoms with van der Waals surface area (Å²) in [6, 6.07) is 110. The molecule has 1 unspecified atom stereocenters. The first-order valence-corrected chi connectivity index (χ1v) is 32.1. The van der Waals surface area contributed by atoms with Gasteiger partial charge in [0.2, 0.25) is 0 Å². The van der Waals surface area contributed by atoms with Crippen molar-refractivity contribution in [1.82, 2.24) is 0 Å². The van der Waals surface area contributed by atoms with Crippen LogP contribution in [-0.4, -0.2) is 8.07 Å². The average Bonchev–Trinajstić information content (AvgIpc) is 1.90. The highest BCUT2D eigenvalue weighted by molar-refractivity contribution is 7.18. The van der Waals surface area contributed by atoms with Gasteiger partial charge in [-0.15, -0.1) is 0 Å². The maximum Gasteiger partial charge on any atom is 0.178 e. The molecule has 85 heavy (non-hydrogen) atoms. The van der Waals surface area contributed by atoms with E-state index in [2.05, 4.69) is 340 Å². The van der Waals surface area contributed by atoms with Crippen LogP contribution in [0.15, 0.2) is 313 Å². The van der Waals surface area contributed by atoms with Gasteiger partial charge in [0.25, 0.3) is 0 Å². The summed E-state index contributed by atoms with van der Waals surface area (Å²) in [4.78, 5) is 0. The van der Waals surface area contributed by atoms with Crippen LogP contribution in [-0.2, 0) is 0 Å². The summed E-state index contributed by atoms with van der Waals surface area (Å²) < 4.78 is 0. The molecule has 12 aromatic carbocycles. The Labute approximate surface area is 504 Å². The van der Waals surface area contributed by atoms with Crippen molar-refractivity contribution in [2.45, 2.75) is 48.5 Å². The lowest BCUT2D eigenvalue weighted by molar-refractivity contribution is 0.851. The van der Waals surface area contributed by atoms with Crippen molar-refractivity contribution in [1.29, 1.82) is 0 Å². The minimum Gasteiger partial charge on any atom is -0.0636 e. The van der Waals surface area contributed by atoms with Gasteiger partial charge in [0, 0.05) is 0 Å². The summed E-state index contributed by atoms with van der Waals surface area (Å²) >= 11 is 0. The van der Waals surface area contributed by atoms with Gasteiger partial charge in [-0.05, 0) is 185 Å². The quantitative estimate of drug-likeness (QED) is 0.0797. The first kappa shape index (κ1) is 54.6. The minimum atomic E-state index is -4.00. The van der Waals surface area contributed by atoms with E-state index in [0.29, 0.717) is 0 Å². The lowest BCUT2D eigenvalue weighted by Gasteiger charge is -2.44. The van der Waals surface area contributed by atoms with Crippen LogP contribution in [0, 0.1) is 26.7 Å². The predicted molar refractivity (Wildman–Crippen MR) is 367 cm³/mol. The van der Waals surface area contributed by atoms with Gasteiger partial charge < -0.3 is 0 Å². The minimum absolute atomic E-state index is 0.0698. The topological polar surface area (TPSA) is 0 Å². The summed E-state index contributed by atoms with van der Waals surface area (Å²) in [6.07, 6.45) is 0. The van der Waals surface area contributed by atoms with Gasteiger partial charge in [-0.25, -0.2) is 0 Å². The number of rotatable bonds is 13. The van der Waals surface area contributed by atoms with Gasteiger partial charge in [-0.3, -0.25) is 0 Å². The van der Waals surface area contributed by atoms with E-state index in [1.807, 2.05) is 0 Å². The molecule has 0 bridgehead atoms. The summed E-state index contributed by atoms with van der Waals surface area (Å²) in [6.45, 7) is 17.1. The zero-order valence-electron chi connectivity index (χ0n) is 49.8. The molecule has 1 atom stereocenters. The molecule has 0 heterocycles. The molecule has 0 nitrogen and oxygen atoms in total. The van der Waals surface area contributed by atoms with Gasteiger partial charge in [-0.1, -0.05) is 314 Å². The molecule has 1 aliphatic rings. The van der Waals surface area contributed by atoms with Crippen LogP contribution in [0.25, 0.3) is 100 Å². The Morgan fingerprint density at radius 1 is 0.235 bits per heavy atom. The van der Waals surface area contributed by atoms with E-state index in [4.69, 9.17) is 0 Å². The van der Waals surface area contributed by atoms with Crippen LogP contribution < -0.4 is 15.6 Å². The van der Waals surface area contributed by atoms with Crippen LogP contribution in [0.4, 0.5) is 0 Å². The molecule has 0 N–H and O–H groups in total. The second-order valence-electron chi connectivity index (χ2n) is 23.2. The second-order valence-corrected chi connectivity index (χ2v) is 26.8. The average molecular weight is 1110 g/mol. The molecule has 0 saturated carbocycles. The highest BCUT2D eigenvalue weighted by Crippen LogP contribution is 2.51. The van der Waals surface area contributed by atoms with E-state index >= 15 is 0 Å². The van der Waals surface area contributed by atoms with E-state index in [1.54, 1.807) is 0 Å². The largest absolute Gasteiger partial charge is 0.178 e. The fourth-order valence-electron chi connectivity index (χ4n) is 14.6. The van der Waals surface area contributed by atoms with Gasteiger partial charge in [0.05, 0.1) is 0 Å². The monoisotopic (exact) mass is 1110 g/mol. The molecule has 1 aliphatic carbocycles. The third-order valence-corrected chi connectivity index (χ3v) is 23.8. The van der Waals surface area contributed by atoms with Crippen LogP contribution in [0.3, 0.4) is 0 Å². The van der Waals surface area contributed by atoms with Crippen molar-refractivity contribution in [2.75, 3.05) is 0 Å². The van der Waals surface area contributed by atoms with Crippen molar-refractivity contribution in [3.8, 4) is 100 Å². The summed E-state index contributed by atoms with van der Waals surface area (Å²) in [7, 11) is -4.00. The Hall–Kier alpha value is -9.66. The SMILES string of the molecule is CC1=C(C)C(C)C([Si](c2cc(-c3ccccc3)c(-c3ccccc3)c(C)c2-c2ccccc2)(c2cc(-c3ccccc3)c(-c3ccccc3)c(C)c2-c2ccccc2)c2cc(-c3ccccc3)c(-c3ccccc3)c(C)c2-c2ccccc2)=C1C. The Bertz CT molecular complexity index is 4030. The zero-order chi connectivity index (χ0) is 58.2. The number of allylic oxidation sites excluding steroid dienone is 4. The molecule has 0 spiro atoms. The first-order valence-electron chi connectivity index (χ1n) is 30.1. The molecule has 12 aromatic rings. The van der Waals surface area contributed by atoms with Crippen molar-refractivity contribution in [3.05, 3.63) is 330 Å². The molecule has 0 saturated heterocycles. The fraction of sp³-hybridized carbons (Fsp3) is 0.0952. The normalized spacial score (nSPS) is 13.4. The van der Waals surface area contributed by atoms with Crippen LogP contribution >= 0.6 is 0 Å².